The molecule has 1 fully saturated rings. The van der Waals surface area contributed by atoms with E-state index in [1.165, 1.54) is 4.90 Å². The van der Waals surface area contributed by atoms with Crippen LogP contribution in [-0.2, 0) is 10.0 Å². The molecular weight excluding hydrogens is 376 g/mol. The molecule has 6 nitrogen and oxygen atoms in total. The first kappa shape index (κ1) is 20.6. The Labute approximate surface area is 167 Å². The first-order chi connectivity index (χ1) is 13.5. The maximum Gasteiger partial charge on any atom is 0.243 e. The van der Waals surface area contributed by atoms with Gasteiger partial charge in [-0.15, -0.1) is 0 Å². The van der Waals surface area contributed by atoms with E-state index in [1.807, 2.05) is 50.2 Å². The van der Waals surface area contributed by atoms with E-state index in [1.54, 1.807) is 16.4 Å². The molecule has 2 aromatic rings. The third kappa shape index (κ3) is 5.25. The Hall–Kier alpha value is -2.09. The molecule has 3 rings (SSSR count). The summed E-state index contributed by atoms with van der Waals surface area (Å²) >= 11 is 0. The zero-order valence-electron chi connectivity index (χ0n) is 16.6. The molecule has 0 saturated carbocycles. The van der Waals surface area contributed by atoms with Crippen LogP contribution in [0.1, 0.15) is 12.5 Å². The summed E-state index contributed by atoms with van der Waals surface area (Å²) in [6, 6.07) is 14.7. The van der Waals surface area contributed by atoms with E-state index in [9.17, 15) is 8.42 Å². The predicted molar refractivity (Wildman–Crippen MR) is 109 cm³/mol. The molecule has 0 atom stereocenters. The van der Waals surface area contributed by atoms with Crippen LogP contribution in [0.15, 0.2) is 53.4 Å². The lowest BCUT2D eigenvalue weighted by atomic mass is 10.2. The molecule has 0 aromatic heterocycles. The summed E-state index contributed by atoms with van der Waals surface area (Å²) in [5.74, 6) is 1.66. The number of hydrogen-bond donors (Lipinski definition) is 1. The van der Waals surface area contributed by atoms with E-state index in [0.29, 0.717) is 31.2 Å². The van der Waals surface area contributed by atoms with Crippen molar-refractivity contribution in [1.82, 2.24) is 4.31 Å². The fourth-order valence-corrected chi connectivity index (χ4v) is 4.71. The molecule has 28 heavy (non-hydrogen) atoms. The number of rotatable bonds is 8. The van der Waals surface area contributed by atoms with Gasteiger partial charge >= 0.3 is 0 Å². The molecular formula is C21H29N2O4S+. The van der Waals surface area contributed by atoms with Crippen molar-refractivity contribution in [1.29, 1.82) is 0 Å². The van der Waals surface area contributed by atoms with E-state index in [4.69, 9.17) is 9.47 Å². The second-order valence-corrected chi connectivity index (χ2v) is 8.91. The van der Waals surface area contributed by atoms with Gasteiger partial charge < -0.3 is 14.4 Å². The molecule has 0 radical (unpaired) electrons. The molecule has 1 aliphatic rings. The summed E-state index contributed by atoms with van der Waals surface area (Å²) in [5, 5.41) is 0. The third-order valence-corrected chi connectivity index (χ3v) is 6.86. The topological polar surface area (TPSA) is 60.3 Å². The van der Waals surface area contributed by atoms with E-state index < -0.39 is 10.0 Å². The first-order valence-electron chi connectivity index (χ1n) is 9.75. The number of sulfonamides is 1. The van der Waals surface area contributed by atoms with Gasteiger partial charge in [0.25, 0.3) is 0 Å². The number of benzene rings is 2. The number of quaternary nitrogens is 1. The van der Waals surface area contributed by atoms with Gasteiger partial charge in [0.2, 0.25) is 10.0 Å². The lowest BCUT2D eigenvalue weighted by Crippen LogP contribution is -3.15. The minimum atomic E-state index is -3.40. The highest BCUT2D eigenvalue weighted by Gasteiger charge is 2.30. The Kier molecular flexibility index (Phi) is 6.93. The molecule has 1 saturated heterocycles. The molecule has 152 valence electrons. The average Bonchev–Trinajstić information content (AvgIpc) is 2.70. The zero-order valence-corrected chi connectivity index (χ0v) is 17.4. The van der Waals surface area contributed by atoms with E-state index in [0.717, 1.165) is 36.7 Å². The quantitative estimate of drug-likeness (QED) is 0.721. The Morgan fingerprint density at radius 1 is 0.929 bits per heavy atom. The van der Waals surface area contributed by atoms with Gasteiger partial charge in [0.15, 0.2) is 0 Å². The third-order valence-electron chi connectivity index (χ3n) is 4.95. The van der Waals surface area contributed by atoms with Crippen LogP contribution in [0.3, 0.4) is 0 Å². The summed E-state index contributed by atoms with van der Waals surface area (Å²) in [7, 11) is -3.40. The molecule has 7 heteroatoms. The van der Waals surface area contributed by atoms with Crippen LogP contribution in [0.25, 0.3) is 0 Å². The van der Waals surface area contributed by atoms with Gasteiger partial charge in [0.1, 0.15) is 24.7 Å². The highest BCUT2D eigenvalue weighted by Crippen LogP contribution is 2.18. The maximum absolute atomic E-state index is 12.8. The summed E-state index contributed by atoms with van der Waals surface area (Å²) in [6.45, 7) is 8.67. The van der Waals surface area contributed by atoms with Crippen LogP contribution in [0.2, 0.25) is 0 Å². The van der Waals surface area contributed by atoms with Crippen molar-refractivity contribution in [3.8, 4) is 11.5 Å². The number of aryl methyl sites for hydroxylation is 1. The van der Waals surface area contributed by atoms with Crippen LogP contribution in [-0.4, -0.2) is 58.7 Å². The Bertz CT molecular complexity index is 843. The van der Waals surface area contributed by atoms with Gasteiger partial charge in [-0.25, -0.2) is 8.42 Å². The molecule has 0 bridgehead atoms. The minimum Gasteiger partial charge on any atom is -0.494 e. The lowest BCUT2D eigenvalue weighted by Gasteiger charge is -2.31. The van der Waals surface area contributed by atoms with Crippen molar-refractivity contribution in [3.63, 3.8) is 0 Å². The second kappa shape index (κ2) is 9.41. The molecule has 1 aliphatic heterocycles. The van der Waals surface area contributed by atoms with Crippen molar-refractivity contribution in [2.45, 2.75) is 18.7 Å². The number of hydrogen-bond acceptors (Lipinski definition) is 4. The van der Waals surface area contributed by atoms with Crippen molar-refractivity contribution in [2.75, 3.05) is 45.9 Å². The maximum atomic E-state index is 12.8. The van der Waals surface area contributed by atoms with Crippen molar-refractivity contribution in [3.05, 3.63) is 54.1 Å². The van der Waals surface area contributed by atoms with E-state index in [2.05, 4.69) is 0 Å². The van der Waals surface area contributed by atoms with Gasteiger partial charge in [0.05, 0.1) is 37.7 Å². The van der Waals surface area contributed by atoms with Crippen LogP contribution >= 0.6 is 0 Å². The zero-order chi connectivity index (χ0) is 20.0. The highest BCUT2D eigenvalue weighted by atomic mass is 32.2. The fourth-order valence-electron chi connectivity index (χ4n) is 3.26. The summed E-state index contributed by atoms with van der Waals surface area (Å²) in [4.78, 5) is 1.74. The van der Waals surface area contributed by atoms with Gasteiger partial charge in [-0.05, 0) is 50.2 Å². The number of nitrogens with one attached hydrogen (secondary N) is 1. The molecule has 0 unspecified atom stereocenters. The Morgan fingerprint density at radius 2 is 1.50 bits per heavy atom. The standard InChI is InChI=1S/C21H28N2O4S/c1-3-26-19-6-8-20(9-7-19)27-17-16-22-12-14-23(15-13-22)28(24,25)21-10-4-18(2)5-11-21/h4-11H,3,12-17H2,1-2H3/p+1. The number of ether oxygens (including phenoxy) is 2. The average molecular weight is 406 g/mol. The van der Waals surface area contributed by atoms with Crippen LogP contribution < -0.4 is 14.4 Å². The van der Waals surface area contributed by atoms with Crippen molar-refractivity contribution in [2.24, 2.45) is 0 Å². The van der Waals surface area contributed by atoms with Gasteiger partial charge in [0, 0.05) is 0 Å². The number of piperazine rings is 1. The highest BCUT2D eigenvalue weighted by molar-refractivity contribution is 7.89. The normalized spacial score (nSPS) is 16.1. The molecule has 0 amide bonds. The van der Waals surface area contributed by atoms with E-state index in [-0.39, 0.29) is 0 Å². The summed E-state index contributed by atoms with van der Waals surface area (Å²) in [6.07, 6.45) is 0. The molecule has 1 N–H and O–H groups in total. The molecule has 1 heterocycles. The van der Waals surface area contributed by atoms with Crippen LogP contribution in [0.5, 0.6) is 11.5 Å². The smallest absolute Gasteiger partial charge is 0.243 e. The van der Waals surface area contributed by atoms with Crippen LogP contribution in [0.4, 0.5) is 0 Å². The van der Waals surface area contributed by atoms with Gasteiger partial charge in [-0.3, -0.25) is 0 Å². The largest absolute Gasteiger partial charge is 0.494 e. The SMILES string of the molecule is CCOc1ccc(OCC[NH+]2CCN(S(=O)(=O)c3ccc(C)cc3)CC2)cc1. The lowest BCUT2D eigenvalue weighted by molar-refractivity contribution is -0.903. The Morgan fingerprint density at radius 3 is 2.07 bits per heavy atom. The van der Waals surface area contributed by atoms with Crippen LogP contribution in [0, 0.1) is 6.92 Å². The summed E-state index contributed by atoms with van der Waals surface area (Å²) < 4.78 is 38.3. The number of nitrogens with zero attached hydrogens (tertiary/aromatic N) is 1. The fraction of sp³-hybridized carbons (Fsp3) is 0.429. The Balaban J connectivity index is 1.44. The van der Waals surface area contributed by atoms with Gasteiger partial charge in [-0.2, -0.15) is 4.31 Å². The molecule has 0 aliphatic carbocycles. The first-order valence-corrected chi connectivity index (χ1v) is 11.2. The van der Waals surface area contributed by atoms with Gasteiger partial charge in [-0.1, -0.05) is 17.7 Å². The van der Waals surface area contributed by atoms with Crippen molar-refractivity contribution < 1.29 is 22.8 Å². The second-order valence-electron chi connectivity index (χ2n) is 6.97. The minimum absolute atomic E-state index is 0.375. The van der Waals surface area contributed by atoms with E-state index >= 15 is 0 Å². The summed E-state index contributed by atoms with van der Waals surface area (Å²) in [5.41, 5.74) is 1.06. The predicted octanol–water partition coefficient (Wildman–Crippen LogP) is 1.36. The monoisotopic (exact) mass is 405 g/mol. The van der Waals surface area contributed by atoms with Crippen molar-refractivity contribution >= 4 is 10.0 Å². The molecule has 2 aromatic carbocycles. The molecule has 0 spiro atoms.